The summed E-state index contributed by atoms with van der Waals surface area (Å²) in [4.78, 5) is 23.6. The Kier molecular flexibility index (Phi) is 5.29. The summed E-state index contributed by atoms with van der Waals surface area (Å²) in [5.41, 5.74) is -0.534. The molecule has 0 atom stereocenters. The van der Waals surface area contributed by atoms with Gasteiger partial charge in [-0.05, 0) is 26.8 Å². The highest BCUT2D eigenvalue weighted by molar-refractivity contribution is 5.69. The summed E-state index contributed by atoms with van der Waals surface area (Å²) in [7, 11) is 3.27. The molecular formula is C14H20FN3O4. The first-order valence-corrected chi connectivity index (χ1v) is 6.62. The van der Waals surface area contributed by atoms with Gasteiger partial charge in [-0.1, -0.05) is 0 Å². The average molecular weight is 313 g/mol. The van der Waals surface area contributed by atoms with Crippen LogP contribution in [0.2, 0.25) is 0 Å². The largest absolute Gasteiger partial charge is 0.444 e. The molecule has 7 nitrogen and oxygen atoms in total. The molecule has 122 valence electrons. The van der Waals surface area contributed by atoms with E-state index in [9.17, 15) is 19.3 Å². The second-order valence-corrected chi connectivity index (χ2v) is 5.93. The van der Waals surface area contributed by atoms with E-state index in [4.69, 9.17) is 4.74 Å². The molecule has 8 heteroatoms. The number of hydrogen-bond donors (Lipinski definition) is 1. The number of hydrogen-bond acceptors (Lipinski definition) is 5. The normalized spacial score (nSPS) is 11.0. The van der Waals surface area contributed by atoms with Gasteiger partial charge in [-0.2, -0.15) is 0 Å². The predicted molar refractivity (Wildman–Crippen MR) is 80.5 cm³/mol. The number of carbonyl (C=O) groups is 1. The lowest BCUT2D eigenvalue weighted by atomic mass is 10.1. The first kappa shape index (κ1) is 17.7. The number of amides is 1. The number of halogens is 1. The Morgan fingerprint density at radius 1 is 1.41 bits per heavy atom. The van der Waals surface area contributed by atoms with Crippen molar-refractivity contribution < 1.29 is 18.8 Å². The van der Waals surface area contributed by atoms with E-state index in [1.807, 2.05) is 0 Å². The zero-order chi connectivity index (χ0) is 17.1. The van der Waals surface area contributed by atoms with Crippen LogP contribution < -0.4 is 10.2 Å². The number of nitro groups is 1. The van der Waals surface area contributed by atoms with E-state index < -0.39 is 22.4 Å². The molecule has 1 rings (SSSR count). The number of benzene rings is 1. The minimum Gasteiger partial charge on any atom is -0.444 e. The fraction of sp³-hybridized carbons (Fsp3) is 0.500. The smallest absolute Gasteiger partial charge is 0.407 e. The maximum Gasteiger partial charge on any atom is 0.407 e. The third-order valence-electron chi connectivity index (χ3n) is 2.65. The lowest BCUT2D eigenvalue weighted by Gasteiger charge is -2.21. The number of rotatable bonds is 4. The van der Waals surface area contributed by atoms with Crippen molar-refractivity contribution >= 4 is 17.5 Å². The van der Waals surface area contributed by atoms with Crippen LogP contribution in [0.15, 0.2) is 12.1 Å². The zero-order valence-electron chi connectivity index (χ0n) is 13.3. The number of anilines is 1. The summed E-state index contributed by atoms with van der Waals surface area (Å²) in [6.07, 6.45) is -0.698. The molecule has 1 amide bonds. The van der Waals surface area contributed by atoms with Gasteiger partial charge in [-0.3, -0.25) is 10.1 Å². The van der Waals surface area contributed by atoms with E-state index in [1.165, 1.54) is 6.07 Å². The number of nitro benzene ring substituents is 1. The molecule has 1 aromatic carbocycles. The highest BCUT2D eigenvalue weighted by Crippen LogP contribution is 2.29. The van der Waals surface area contributed by atoms with Gasteiger partial charge in [0.05, 0.1) is 28.8 Å². The van der Waals surface area contributed by atoms with Crippen LogP contribution in [-0.2, 0) is 11.3 Å². The van der Waals surface area contributed by atoms with Crippen LogP contribution in [0.5, 0.6) is 0 Å². The standard InChI is InChI=1S/C14H20FN3O4/c1-14(2,3)22-13(19)16-8-10-11(17(4)5)6-9(15)7-12(10)18(20)21/h6-7H,8H2,1-5H3,(H,16,19). The van der Waals surface area contributed by atoms with Gasteiger partial charge in [-0.15, -0.1) is 0 Å². The second kappa shape index (κ2) is 6.59. The third-order valence-corrected chi connectivity index (χ3v) is 2.65. The number of alkyl carbamates (subject to hydrolysis) is 1. The van der Waals surface area contributed by atoms with Gasteiger partial charge in [0.15, 0.2) is 0 Å². The molecule has 0 saturated heterocycles. The van der Waals surface area contributed by atoms with Crippen molar-refractivity contribution in [2.45, 2.75) is 32.9 Å². The van der Waals surface area contributed by atoms with E-state index in [2.05, 4.69) is 5.32 Å². The van der Waals surface area contributed by atoms with E-state index in [0.717, 1.165) is 6.07 Å². The minimum atomic E-state index is -0.712. The molecule has 0 heterocycles. The Morgan fingerprint density at radius 2 is 2.00 bits per heavy atom. The average Bonchev–Trinajstić information content (AvgIpc) is 2.33. The Bertz CT molecular complexity index is 582. The van der Waals surface area contributed by atoms with E-state index in [-0.39, 0.29) is 17.8 Å². The Hall–Kier alpha value is -2.38. The fourth-order valence-corrected chi connectivity index (χ4v) is 1.83. The van der Waals surface area contributed by atoms with Gasteiger partial charge < -0.3 is 15.0 Å². The molecule has 0 aliphatic heterocycles. The van der Waals surface area contributed by atoms with Gasteiger partial charge in [0, 0.05) is 14.1 Å². The molecule has 0 aliphatic carbocycles. The molecule has 0 aliphatic rings. The second-order valence-electron chi connectivity index (χ2n) is 5.93. The Morgan fingerprint density at radius 3 is 2.45 bits per heavy atom. The Balaban J connectivity index is 3.07. The number of nitrogens with zero attached hydrogens (tertiary/aromatic N) is 2. The molecule has 0 saturated carbocycles. The first-order chi connectivity index (χ1) is 10.0. The molecule has 0 aromatic heterocycles. The molecule has 0 bridgehead atoms. The van der Waals surface area contributed by atoms with E-state index in [0.29, 0.717) is 5.69 Å². The van der Waals surface area contributed by atoms with E-state index in [1.54, 1.807) is 39.8 Å². The zero-order valence-corrected chi connectivity index (χ0v) is 13.3. The third kappa shape index (κ3) is 4.87. The maximum atomic E-state index is 13.5. The van der Waals surface area contributed by atoms with Crippen molar-refractivity contribution in [1.29, 1.82) is 0 Å². The summed E-state index contributed by atoms with van der Waals surface area (Å²) < 4.78 is 18.6. The SMILES string of the molecule is CN(C)c1cc(F)cc([N+](=O)[O-])c1CNC(=O)OC(C)(C)C. The van der Waals surface area contributed by atoms with Crippen molar-refractivity contribution in [1.82, 2.24) is 5.32 Å². The lowest BCUT2D eigenvalue weighted by Crippen LogP contribution is -2.32. The highest BCUT2D eigenvalue weighted by atomic mass is 19.1. The summed E-state index contributed by atoms with van der Waals surface area (Å²) in [6.45, 7) is 4.98. The quantitative estimate of drug-likeness (QED) is 0.682. The van der Waals surface area contributed by atoms with Crippen molar-refractivity contribution in [2.24, 2.45) is 0 Å². The molecule has 1 N–H and O–H groups in total. The monoisotopic (exact) mass is 313 g/mol. The summed E-state index contributed by atoms with van der Waals surface area (Å²) in [6, 6.07) is 2.01. The molecule has 0 fully saturated rings. The fourth-order valence-electron chi connectivity index (χ4n) is 1.83. The van der Waals surface area contributed by atoms with Crippen LogP contribution in [0.25, 0.3) is 0 Å². The van der Waals surface area contributed by atoms with Crippen LogP contribution in [0.1, 0.15) is 26.3 Å². The molecule has 0 unspecified atom stereocenters. The highest BCUT2D eigenvalue weighted by Gasteiger charge is 2.23. The number of ether oxygens (including phenoxy) is 1. The molecule has 0 radical (unpaired) electrons. The van der Waals surface area contributed by atoms with Crippen molar-refractivity contribution in [3.8, 4) is 0 Å². The van der Waals surface area contributed by atoms with Crippen LogP contribution in [0.3, 0.4) is 0 Å². The van der Waals surface area contributed by atoms with Gasteiger partial charge in [0.2, 0.25) is 0 Å². The van der Waals surface area contributed by atoms with Crippen molar-refractivity contribution in [3.63, 3.8) is 0 Å². The van der Waals surface area contributed by atoms with Gasteiger partial charge in [0.25, 0.3) is 5.69 Å². The van der Waals surface area contributed by atoms with Crippen LogP contribution in [0.4, 0.5) is 20.6 Å². The van der Waals surface area contributed by atoms with Gasteiger partial charge in [-0.25, -0.2) is 9.18 Å². The minimum absolute atomic E-state index is 0.140. The molecule has 0 spiro atoms. The summed E-state index contributed by atoms with van der Waals surface area (Å²) in [5, 5.41) is 13.5. The predicted octanol–water partition coefficient (Wildman–Crippen LogP) is 2.82. The lowest BCUT2D eigenvalue weighted by molar-refractivity contribution is -0.385. The van der Waals surface area contributed by atoms with Gasteiger partial charge in [0.1, 0.15) is 11.4 Å². The number of carbonyl (C=O) groups excluding carboxylic acids is 1. The topological polar surface area (TPSA) is 84.7 Å². The Labute approximate surface area is 128 Å². The van der Waals surface area contributed by atoms with Crippen molar-refractivity contribution in [3.05, 3.63) is 33.6 Å². The molecular weight excluding hydrogens is 293 g/mol. The summed E-state index contributed by atoms with van der Waals surface area (Å²) in [5.74, 6) is -0.712. The summed E-state index contributed by atoms with van der Waals surface area (Å²) >= 11 is 0. The van der Waals surface area contributed by atoms with E-state index >= 15 is 0 Å². The van der Waals surface area contributed by atoms with Crippen molar-refractivity contribution in [2.75, 3.05) is 19.0 Å². The first-order valence-electron chi connectivity index (χ1n) is 6.62. The molecule has 22 heavy (non-hydrogen) atoms. The van der Waals surface area contributed by atoms with Gasteiger partial charge >= 0.3 is 6.09 Å². The van der Waals surface area contributed by atoms with Crippen LogP contribution in [0, 0.1) is 15.9 Å². The van der Waals surface area contributed by atoms with Crippen LogP contribution >= 0.6 is 0 Å². The maximum absolute atomic E-state index is 13.5. The van der Waals surface area contributed by atoms with Crippen LogP contribution in [-0.4, -0.2) is 30.7 Å². The molecule has 1 aromatic rings. The number of nitrogens with one attached hydrogen (secondary N) is 1.